The minimum absolute atomic E-state index is 0.0877. The van der Waals surface area contributed by atoms with Crippen molar-refractivity contribution in [3.05, 3.63) is 30.3 Å². The molecule has 5 nitrogen and oxygen atoms in total. The van der Waals surface area contributed by atoms with Gasteiger partial charge >= 0.3 is 5.97 Å². The summed E-state index contributed by atoms with van der Waals surface area (Å²) in [7, 11) is -3.68. The predicted molar refractivity (Wildman–Crippen MR) is 62.6 cm³/mol. The Balaban J connectivity index is 2.14. The zero-order chi connectivity index (χ0) is 13.2. The Kier molecular flexibility index (Phi) is 3.47. The highest BCUT2D eigenvalue weighted by molar-refractivity contribution is 7.92. The van der Waals surface area contributed by atoms with E-state index in [9.17, 15) is 18.0 Å². The van der Waals surface area contributed by atoms with Gasteiger partial charge in [0.05, 0.1) is 11.5 Å². The van der Waals surface area contributed by atoms with Gasteiger partial charge in [-0.25, -0.2) is 8.42 Å². The van der Waals surface area contributed by atoms with Gasteiger partial charge in [0.25, 0.3) is 0 Å². The van der Waals surface area contributed by atoms with Crippen LogP contribution in [0.2, 0.25) is 0 Å². The van der Waals surface area contributed by atoms with Crippen LogP contribution in [0.1, 0.15) is 6.42 Å². The van der Waals surface area contributed by atoms with Crippen LogP contribution >= 0.6 is 0 Å². The van der Waals surface area contributed by atoms with Crippen LogP contribution in [-0.2, 0) is 24.2 Å². The lowest BCUT2D eigenvalue weighted by atomic mass is 10.0. The van der Waals surface area contributed by atoms with E-state index in [0.717, 1.165) is 0 Å². The summed E-state index contributed by atoms with van der Waals surface area (Å²) < 4.78 is 28.5. The molecule has 0 aliphatic carbocycles. The third-order valence-electron chi connectivity index (χ3n) is 2.76. The molecule has 1 saturated heterocycles. The summed E-state index contributed by atoms with van der Waals surface area (Å²) in [6, 6.07) is 7.71. The van der Waals surface area contributed by atoms with Gasteiger partial charge in [0.15, 0.2) is 15.6 Å². The van der Waals surface area contributed by atoms with Gasteiger partial charge in [-0.2, -0.15) is 0 Å². The monoisotopic (exact) mass is 268 g/mol. The van der Waals surface area contributed by atoms with Crippen LogP contribution in [0, 0.1) is 5.92 Å². The molecule has 0 N–H and O–H groups in total. The van der Waals surface area contributed by atoms with Gasteiger partial charge in [-0.1, -0.05) is 18.2 Å². The maximum atomic E-state index is 11.9. The van der Waals surface area contributed by atoms with E-state index in [1.807, 2.05) is 0 Å². The first-order chi connectivity index (χ1) is 8.50. The lowest BCUT2D eigenvalue weighted by Crippen LogP contribution is -2.26. The molecule has 1 aromatic rings. The number of hydrogen-bond donors (Lipinski definition) is 0. The number of ether oxygens (including phenoxy) is 1. The third kappa shape index (κ3) is 2.59. The van der Waals surface area contributed by atoms with Crippen LogP contribution in [-0.4, -0.2) is 32.5 Å². The molecule has 2 rings (SSSR count). The van der Waals surface area contributed by atoms with Gasteiger partial charge in [0.2, 0.25) is 0 Å². The Bertz CT molecular complexity index is 561. The number of esters is 1. The lowest BCUT2D eigenvalue weighted by Gasteiger charge is -2.06. The van der Waals surface area contributed by atoms with E-state index >= 15 is 0 Å². The highest BCUT2D eigenvalue weighted by Crippen LogP contribution is 2.18. The van der Waals surface area contributed by atoms with Crippen molar-refractivity contribution in [2.45, 2.75) is 11.3 Å². The van der Waals surface area contributed by atoms with Gasteiger partial charge < -0.3 is 4.74 Å². The van der Waals surface area contributed by atoms with Crippen LogP contribution in [0.3, 0.4) is 0 Å². The Morgan fingerprint density at radius 2 is 1.94 bits per heavy atom. The van der Waals surface area contributed by atoms with Crippen molar-refractivity contribution in [2.24, 2.45) is 5.92 Å². The number of carbonyl (C=O) groups excluding carboxylic acids is 2. The van der Waals surface area contributed by atoms with Crippen LogP contribution < -0.4 is 0 Å². The number of sulfone groups is 1. The molecule has 1 fully saturated rings. The summed E-state index contributed by atoms with van der Waals surface area (Å²) in [4.78, 5) is 23.1. The summed E-state index contributed by atoms with van der Waals surface area (Å²) in [5.74, 6) is -2.80. The Labute approximate surface area is 105 Å². The fraction of sp³-hybridized carbons (Fsp3) is 0.333. The van der Waals surface area contributed by atoms with Crippen LogP contribution in [0.5, 0.6) is 0 Å². The Hall–Kier alpha value is -1.69. The summed E-state index contributed by atoms with van der Waals surface area (Å²) in [5, 5.41) is 0. The van der Waals surface area contributed by atoms with E-state index in [0.29, 0.717) is 0 Å². The maximum Gasteiger partial charge on any atom is 0.316 e. The summed E-state index contributed by atoms with van der Waals surface area (Å²) in [5.41, 5.74) is 0. The van der Waals surface area contributed by atoms with E-state index < -0.39 is 33.3 Å². The van der Waals surface area contributed by atoms with E-state index in [2.05, 4.69) is 4.74 Å². The molecule has 96 valence electrons. The first-order valence-corrected chi connectivity index (χ1v) is 7.13. The highest BCUT2D eigenvalue weighted by atomic mass is 32.2. The normalized spacial score (nSPS) is 19.6. The number of benzene rings is 1. The Morgan fingerprint density at radius 3 is 2.50 bits per heavy atom. The number of carbonyl (C=O) groups is 2. The van der Waals surface area contributed by atoms with Gasteiger partial charge in [0.1, 0.15) is 11.7 Å². The molecular formula is C12H12O5S. The average Bonchev–Trinajstić information content (AvgIpc) is 2.76. The van der Waals surface area contributed by atoms with Crippen molar-refractivity contribution in [3.63, 3.8) is 0 Å². The van der Waals surface area contributed by atoms with Crippen molar-refractivity contribution in [2.75, 3.05) is 12.4 Å². The molecule has 1 aromatic carbocycles. The molecule has 0 saturated carbocycles. The summed E-state index contributed by atoms with van der Waals surface area (Å²) >= 11 is 0. The van der Waals surface area contributed by atoms with Crippen LogP contribution in [0.4, 0.5) is 0 Å². The first-order valence-electron chi connectivity index (χ1n) is 5.48. The number of ketones is 1. The molecule has 1 atom stereocenters. The van der Waals surface area contributed by atoms with Crippen LogP contribution in [0.25, 0.3) is 0 Å². The van der Waals surface area contributed by atoms with Gasteiger partial charge in [0, 0.05) is 6.42 Å². The van der Waals surface area contributed by atoms with Gasteiger partial charge in [-0.15, -0.1) is 0 Å². The standard InChI is InChI=1S/C12H12O5S/c13-11(10-6-7-17-12(10)14)8-18(15,16)9-4-2-1-3-5-9/h1-5,10H,6-8H2. The molecule has 0 radical (unpaired) electrons. The summed E-state index contributed by atoms with van der Waals surface area (Å²) in [6.45, 7) is 0.181. The number of Topliss-reactive ketones (excluding diaryl/α,β-unsaturated/α-hetero) is 1. The molecule has 1 unspecified atom stereocenters. The SMILES string of the molecule is O=C(CS(=O)(=O)c1ccccc1)C1CCOC1=O. The quantitative estimate of drug-likeness (QED) is 0.590. The van der Waals surface area contributed by atoms with E-state index in [1.165, 1.54) is 12.1 Å². The smallest absolute Gasteiger partial charge is 0.316 e. The third-order valence-corrected chi connectivity index (χ3v) is 4.41. The van der Waals surface area contributed by atoms with Gasteiger partial charge in [-0.05, 0) is 12.1 Å². The molecule has 6 heteroatoms. The molecular weight excluding hydrogens is 256 g/mol. The van der Waals surface area contributed by atoms with E-state index in [1.54, 1.807) is 18.2 Å². The van der Waals surface area contributed by atoms with Crippen molar-refractivity contribution in [3.8, 4) is 0 Å². The summed E-state index contributed by atoms with van der Waals surface area (Å²) in [6.07, 6.45) is 0.266. The lowest BCUT2D eigenvalue weighted by molar-refractivity contribution is -0.144. The topological polar surface area (TPSA) is 77.5 Å². The largest absolute Gasteiger partial charge is 0.465 e. The molecule has 18 heavy (non-hydrogen) atoms. The first kappa shape index (κ1) is 12.8. The number of hydrogen-bond acceptors (Lipinski definition) is 5. The number of cyclic esters (lactones) is 1. The highest BCUT2D eigenvalue weighted by Gasteiger charge is 2.35. The second-order valence-corrected chi connectivity index (χ2v) is 6.04. The second-order valence-electron chi connectivity index (χ2n) is 4.05. The number of rotatable bonds is 4. The van der Waals surface area contributed by atoms with E-state index in [4.69, 9.17) is 0 Å². The van der Waals surface area contributed by atoms with Gasteiger partial charge in [-0.3, -0.25) is 9.59 Å². The molecule has 1 aliphatic heterocycles. The average molecular weight is 268 g/mol. The fourth-order valence-corrected chi connectivity index (χ4v) is 3.10. The van der Waals surface area contributed by atoms with Crippen molar-refractivity contribution >= 4 is 21.6 Å². The Morgan fingerprint density at radius 1 is 1.28 bits per heavy atom. The van der Waals surface area contributed by atoms with Crippen molar-refractivity contribution in [1.82, 2.24) is 0 Å². The zero-order valence-corrected chi connectivity index (χ0v) is 10.4. The molecule has 1 heterocycles. The van der Waals surface area contributed by atoms with E-state index in [-0.39, 0.29) is 17.9 Å². The second kappa shape index (κ2) is 4.89. The molecule has 0 bridgehead atoms. The van der Waals surface area contributed by atoms with Crippen molar-refractivity contribution in [1.29, 1.82) is 0 Å². The van der Waals surface area contributed by atoms with Crippen molar-refractivity contribution < 1.29 is 22.7 Å². The molecule has 0 amide bonds. The minimum Gasteiger partial charge on any atom is -0.465 e. The fourth-order valence-electron chi connectivity index (χ4n) is 1.79. The maximum absolute atomic E-state index is 11.9. The minimum atomic E-state index is -3.68. The predicted octanol–water partition coefficient (Wildman–Crippen LogP) is 0.593. The molecule has 0 aromatic heterocycles. The molecule has 1 aliphatic rings. The zero-order valence-electron chi connectivity index (χ0n) is 9.53. The molecule has 0 spiro atoms. The van der Waals surface area contributed by atoms with Crippen LogP contribution in [0.15, 0.2) is 35.2 Å².